The van der Waals surface area contributed by atoms with Gasteiger partial charge in [0.05, 0.1) is 0 Å². The Balaban J connectivity index is 1.64. The number of rotatable bonds is 8. The number of likely N-dealkylation sites (N-methyl/N-ethyl adjacent to an activating group) is 1. The summed E-state index contributed by atoms with van der Waals surface area (Å²) >= 11 is 0. The number of nitrogens with zero attached hydrogens (tertiary/aromatic N) is 2. The Labute approximate surface area is 160 Å². The van der Waals surface area contributed by atoms with Crippen LogP contribution < -0.4 is 10.6 Å². The van der Waals surface area contributed by atoms with Gasteiger partial charge in [-0.1, -0.05) is 24.3 Å². The molecule has 1 aromatic rings. The molecule has 27 heavy (non-hydrogen) atoms. The third-order valence-electron chi connectivity index (χ3n) is 4.56. The molecule has 1 fully saturated rings. The Kier molecular flexibility index (Phi) is 8.86. The van der Waals surface area contributed by atoms with E-state index >= 15 is 0 Å². The SMILES string of the molecule is CNC(=O)OCc1ccccc1COC(=O)NCCCN1CCN(C)CC1. The number of benzene rings is 1. The average molecular weight is 378 g/mol. The van der Waals surface area contributed by atoms with Gasteiger partial charge >= 0.3 is 12.2 Å². The summed E-state index contributed by atoms with van der Waals surface area (Å²) in [4.78, 5) is 27.8. The average Bonchev–Trinajstić information content (AvgIpc) is 2.69. The standard InChI is InChI=1S/C19H30N4O4/c1-20-18(24)26-14-16-6-3-4-7-17(16)15-27-19(25)21-8-5-9-23-12-10-22(2)11-13-23/h3-4,6-7H,5,8-15H2,1-2H3,(H,20,24)(H,21,25). The summed E-state index contributed by atoms with van der Waals surface area (Å²) in [5.41, 5.74) is 1.62. The molecule has 1 aliphatic rings. The van der Waals surface area contributed by atoms with Gasteiger partial charge < -0.3 is 29.9 Å². The van der Waals surface area contributed by atoms with E-state index in [9.17, 15) is 9.59 Å². The van der Waals surface area contributed by atoms with E-state index in [1.165, 1.54) is 7.05 Å². The number of ether oxygens (including phenoxy) is 2. The van der Waals surface area contributed by atoms with Gasteiger partial charge in [-0.15, -0.1) is 0 Å². The molecule has 1 aliphatic heterocycles. The first-order valence-corrected chi connectivity index (χ1v) is 9.31. The van der Waals surface area contributed by atoms with Crippen LogP contribution in [0.15, 0.2) is 24.3 Å². The van der Waals surface area contributed by atoms with Crippen LogP contribution >= 0.6 is 0 Å². The van der Waals surface area contributed by atoms with Crippen LogP contribution in [-0.4, -0.2) is 75.4 Å². The van der Waals surface area contributed by atoms with Crippen molar-refractivity contribution in [2.75, 3.05) is 53.4 Å². The lowest BCUT2D eigenvalue weighted by atomic mass is 10.1. The van der Waals surface area contributed by atoms with Crippen LogP contribution in [-0.2, 0) is 22.7 Å². The number of piperazine rings is 1. The number of amides is 2. The molecule has 0 saturated carbocycles. The quantitative estimate of drug-likeness (QED) is 0.666. The van der Waals surface area contributed by atoms with Crippen molar-refractivity contribution in [3.63, 3.8) is 0 Å². The minimum atomic E-state index is -0.496. The number of hydrogen-bond donors (Lipinski definition) is 2. The smallest absolute Gasteiger partial charge is 0.407 e. The predicted octanol–water partition coefficient (Wildman–Crippen LogP) is 1.41. The minimum Gasteiger partial charge on any atom is -0.445 e. The van der Waals surface area contributed by atoms with E-state index in [0.717, 1.165) is 50.3 Å². The van der Waals surface area contributed by atoms with Crippen molar-refractivity contribution in [1.82, 2.24) is 20.4 Å². The van der Waals surface area contributed by atoms with Gasteiger partial charge in [0, 0.05) is 39.8 Å². The van der Waals surface area contributed by atoms with Crippen molar-refractivity contribution in [1.29, 1.82) is 0 Å². The molecule has 150 valence electrons. The van der Waals surface area contributed by atoms with Crippen molar-refractivity contribution in [3.05, 3.63) is 35.4 Å². The number of carbonyl (C=O) groups is 2. The zero-order chi connectivity index (χ0) is 19.5. The second-order valence-electron chi connectivity index (χ2n) is 6.60. The lowest BCUT2D eigenvalue weighted by Gasteiger charge is -2.32. The van der Waals surface area contributed by atoms with Crippen molar-refractivity contribution in [2.24, 2.45) is 0 Å². The van der Waals surface area contributed by atoms with Crippen LogP contribution in [0.5, 0.6) is 0 Å². The highest BCUT2D eigenvalue weighted by Gasteiger charge is 2.13. The lowest BCUT2D eigenvalue weighted by Crippen LogP contribution is -2.45. The molecule has 1 saturated heterocycles. The van der Waals surface area contributed by atoms with Gasteiger partial charge in [-0.25, -0.2) is 9.59 Å². The molecule has 0 atom stereocenters. The highest BCUT2D eigenvalue weighted by Crippen LogP contribution is 2.11. The molecule has 0 unspecified atom stereocenters. The zero-order valence-corrected chi connectivity index (χ0v) is 16.2. The fourth-order valence-corrected chi connectivity index (χ4v) is 2.81. The molecular weight excluding hydrogens is 348 g/mol. The summed E-state index contributed by atoms with van der Waals surface area (Å²) in [6.07, 6.45) is -0.0331. The monoisotopic (exact) mass is 378 g/mol. The third-order valence-corrected chi connectivity index (χ3v) is 4.56. The van der Waals surface area contributed by atoms with E-state index in [1.807, 2.05) is 24.3 Å². The van der Waals surface area contributed by atoms with Crippen molar-refractivity contribution >= 4 is 12.2 Å². The van der Waals surface area contributed by atoms with Crippen LogP contribution in [0.1, 0.15) is 17.5 Å². The molecule has 0 aromatic heterocycles. The number of carbonyl (C=O) groups excluding carboxylic acids is 2. The summed E-state index contributed by atoms with van der Waals surface area (Å²) in [6.45, 7) is 6.19. The van der Waals surface area contributed by atoms with Gasteiger partial charge in [-0.2, -0.15) is 0 Å². The van der Waals surface area contributed by atoms with Crippen molar-refractivity contribution in [3.8, 4) is 0 Å². The van der Waals surface area contributed by atoms with Gasteiger partial charge in [0.2, 0.25) is 0 Å². The topological polar surface area (TPSA) is 83.1 Å². The van der Waals surface area contributed by atoms with Gasteiger partial charge in [0.1, 0.15) is 13.2 Å². The summed E-state index contributed by atoms with van der Waals surface area (Å²) in [5.74, 6) is 0. The zero-order valence-electron chi connectivity index (χ0n) is 16.2. The fraction of sp³-hybridized carbons (Fsp3) is 0.579. The molecular formula is C19H30N4O4. The Hall–Kier alpha value is -2.32. The maximum atomic E-state index is 11.9. The normalized spacial score (nSPS) is 15.2. The molecule has 0 spiro atoms. The molecule has 0 radical (unpaired) electrons. The molecule has 1 aromatic carbocycles. The Morgan fingerprint density at radius 2 is 1.59 bits per heavy atom. The van der Waals surface area contributed by atoms with Crippen LogP contribution in [0.3, 0.4) is 0 Å². The Morgan fingerprint density at radius 1 is 1.00 bits per heavy atom. The maximum absolute atomic E-state index is 11.9. The second kappa shape index (κ2) is 11.4. The number of hydrogen-bond acceptors (Lipinski definition) is 6. The van der Waals surface area contributed by atoms with Crippen LogP contribution in [0.25, 0.3) is 0 Å². The fourth-order valence-electron chi connectivity index (χ4n) is 2.81. The van der Waals surface area contributed by atoms with E-state index in [2.05, 4.69) is 27.5 Å². The molecule has 2 N–H and O–H groups in total. The molecule has 2 rings (SSSR count). The molecule has 8 nitrogen and oxygen atoms in total. The number of alkyl carbamates (subject to hydrolysis) is 2. The van der Waals surface area contributed by atoms with Crippen molar-refractivity contribution < 1.29 is 19.1 Å². The van der Waals surface area contributed by atoms with Crippen LogP contribution in [0, 0.1) is 0 Å². The molecule has 1 heterocycles. The predicted molar refractivity (Wildman–Crippen MR) is 102 cm³/mol. The summed E-state index contributed by atoms with van der Waals surface area (Å²) in [5, 5.41) is 5.18. The molecule has 8 heteroatoms. The summed E-state index contributed by atoms with van der Waals surface area (Å²) < 4.78 is 10.3. The van der Waals surface area contributed by atoms with Gasteiger partial charge in [-0.05, 0) is 31.1 Å². The summed E-state index contributed by atoms with van der Waals surface area (Å²) in [7, 11) is 3.64. The minimum absolute atomic E-state index is 0.131. The molecule has 0 aliphatic carbocycles. The largest absolute Gasteiger partial charge is 0.445 e. The Morgan fingerprint density at radius 3 is 2.19 bits per heavy atom. The molecule has 2 amide bonds. The second-order valence-corrected chi connectivity index (χ2v) is 6.60. The first-order valence-electron chi connectivity index (χ1n) is 9.31. The first kappa shape index (κ1) is 21.0. The van der Waals surface area contributed by atoms with Gasteiger partial charge in [0.15, 0.2) is 0 Å². The maximum Gasteiger partial charge on any atom is 0.407 e. The van der Waals surface area contributed by atoms with Gasteiger partial charge in [0.25, 0.3) is 0 Å². The molecule has 0 bridgehead atoms. The van der Waals surface area contributed by atoms with Crippen molar-refractivity contribution in [2.45, 2.75) is 19.6 Å². The van der Waals surface area contributed by atoms with E-state index in [4.69, 9.17) is 9.47 Å². The lowest BCUT2D eigenvalue weighted by molar-refractivity contribution is 0.131. The number of nitrogens with one attached hydrogen (secondary N) is 2. The van der Waals surface area contributed by atoms with E-state index < -0.39 is 12.2 Å². The highest BCUT2D eigenvalue weighted by atomic mass is 16.6. The van der Waals surface area contributed by atoms with Crippen LogP contribution in [0.4, 0.5) is 9.59 Å². The van der Waals surface area contributed by atoms with Gasteiger partial charge in [-0.3, -0.25) is 0 Å². The van der Waals surface area contributed by atoms with E-state index in [-0.39, 0.29) is 13.2 Å². The van der Waals surface area contributed by atoms with E-state index in [1.54, 1.807) is 0 Å². The first-order chi connectivity index (χ1) is 13.1. The van der Waals surface area contributed by atoms with E-state index in [0.29, 0.717) is 6.54 Å². The summed E-state index contributed by atoms with van der Waals surface area (Å²) in [6, 6.07) is 7.40. The Bertz CT molecular complexity index is 603. The van der Waals surface area contributed by atoms with Crippen LogP contribution in [0.2, 0.25) is 0 Å². The highest BCUT2D eigenvalue weighted by molar-refractivity contribution is 5.67. The third kappa shape index (κ3) is 7.84.